The van der Waals surface area contributed by atoms with Crippen LogP contribution in [0.2, 0.25) is 0 Å². The lowest BCUT2D eigenvalue weighted by Crippen LogP contribution is -2.37. The summed E-state index contributed by atoms with van der Waals surface area (Å²) in [6, 6.07) is 11.9. The van der Waals surface area contributed by atoms with Gasteiger partial charge in [-0.2, -0.15) is 0 Å². The molecule has 10 nitrogen and oxygen atoms in total. The Labute approximate surface area is 196 Å². The van der Waals surface area contributed by atoms with Gasteiger partial charge >= 0.3 is 0 Å². The first-order valence-electron chi connectivity index (χ1n) is 11.5. The van der Waals surface area contributed by atoms with E-state index >= 15 is 0 Å². The maximum atomic E-state index is 13.2. The SMILES string of the molecule is O=C(Nc1ccc(-c2nnc3n2CCCCC3)cc1)c1cc([N+](=O)[O-])ccc1N1CCOCC1. The molecule has 3 heterocycles. The van der Waals surface area contributed by atoms with Gasteiger partial charge in [0.2, 0.25) is 0 Å². The standard InChI is InChI=1S/C24H26N6O4/c31-24(20-16-19(30(32)33)9-10-21(20)28-12-14-34-15-13-28)25-18-7-5-17(6-8-18)23-27-26-22-4-2-1-3-11-29(22)23/h5-10,16H,1-4,11-15H2,(H,25,31). The number of morpholine rings is 1. The number of anilines is 2. The molecule has 10 heteroatoms. The van der Waals surface area contributed by atoms with E-state index in [4.69, 9.17) is 4.74 Å². The molecule has 3 aromatic rings. The average Bonchev–Trinajstić information content (AvgIpc) is 3.12. The Hall–Kier alpha value is -3.79. The summed E-state index contributed by atoms with van der Waals surface area (Å²) in [5, 5.41) is 22.9. The van der Waals surface area contributed by atoms with Crippen LogP contribution in [-0.4, -0.2) is 51.9 Å². The molecule has 0 aliphatic carbocycles. The number of aromatic nitrogens is 3. The fourth-order valence-corrected chi connectivity index (χ4v) is 4.50. The third-order valence-electron chi connectivity index (χ3n) is 6.30. The number of amides is 1. The summed E-state index contributed by atoms with van der Waals surface area (Å²) in [6.07, 6.45) is 4.38. The van der Waals surface area contributed by atoms with Crippen LogP contribution in [0.4, 0.5) is 17.1 Å². The van der Waals surface area contributed by atoms with Crippen LogP contribution in [0.1, 0.15) is 35.4 Å². The van der Waals surface area contributed by atoms with Crippen molar-refractivity contribution >= 4 is 23.0 Å². The van der Waals surface area contributed by atoms with Crippen LogP contribution in [0, 0.1) is 10.1 Å². The highest BCUT2D eigenvalue weighted by molar-refractivity contribution is 6.08. The summed E-state index contributed by atoms with van der Waals surface area (Å²) in [7, 11) is 0. The van der Waals surface area contributed by atoms with Crippen molar-refractivity contribution in [1.29, 1.82) is 0 Å². The minimum atomic E-state index is -0.490. The van der Waals surface area contributed by atoms with Crippen molar-refractivity contribution < 1.29 is 14.5 Å². The van der Waals surface area contributed by atoms with E-state index in [0.717, 1.165) is 43.0 Å². The number of rotatable bonds is 5. The number of non-ortho nitro benzene ring substituents is 1. The number of aryl methyl sites for hydroxylation is 1. The van der Waals surface area contributed by atoms with Crippen molar-refractivity contribution in [3.63, 3.8) is 0 Å². The second-order valence-corrected chi connectivity index (χ2v) is 8.49. The summed E-state index contributed by atoms with van der Waals surface area (Å²) in [6.45, 7) is 3.25. The third kappa shape index (κ3) is 4.49. The number of nitrogens with zero attached hydrogens (tertiary/aromatic N) is 5. The van der Waals surface area contributed by atoms with E-state index in [9.17, 15) is 14.9 Å². The second kappa shape index (κ2) is 9.60. The number of nitrogens with one attached hydrogen (secondary N) is 1. The van der Waals surface area contributed by atoms with E-state index in [1.54, 1.807) is 6.07 Å². The quantitative estimate of drug-likeness (QED) is 0.454. The molecule has 2 aromatic carbocycles. The van der Waals surface area contributed by atoms with Crippen molar-refractivity contribution in [2.75, 3.05) is 36.5 Å². The number of ether oxygens (including phenoxy) is 1. The summed E-state index contributed by atoms with van der Waals surface area (Å²) in [5.41, 5.74) is 2.34. The molecule has 1 saturated heterocycles. The first kappa shape index (κ1) is 22.0. The van der Waals surface area contributed by atoms with Crippen LogP contribution in [0.3, 0.4) is 0 Å². The van der Waals surface area contributed by atoms with Crippen molar-refractivity contribution in [3.05, 3.63) is 64.0 Å². The molecule has 0 spiro atoms. The van der Waals surface area contributed by atoms with Crippen molar-refractivity contribution in [2.24, 2.45) is 0 Å². The molecular weight excluding hydrogens is 436 g/mol. The minimum Gasteiger partial charge on any atom is -0.378 e. The van der Waals surface area contributed by atoms with E-state index in [2.05, 4.69) is 20.1 Å². The molecule has 0 unspecified atom stereocenters. The van der Waals surface area contributed by atoms with Gasteiger partial charge in [-0.25, -0.2) is 0 Å². The van der Waals surface area contributed by atoms with E-state index in [0.29, 0.717) is 37.7 Å². The summed E-state index contributed by atoms with van der Waals surface area (Å²) in [4.78, 5) is 26.0. The number of hydrogen-bond donors (Lipinski definition) is 1. The van der Waals surface area contributed by atoms with Gasteiger partial charge in [0, 0.05) is 49.4 Å². The zero-order valence-corrected chi connectivity index (χ0v) is 18.8. The highest BCUT2D eigenvalue weighted by Crippen LogP contribution is 2.28. The predicted octanol–water partition coefficient (Wildman–Crippen LogP) is 3.67. The zero-order chi connectivity index (χ0) is 23.5. The van der Waals surface area contributed by atoms with Crippen molar-refractivity contribution in [2.45, 2.75) is 32.2 Å². The van der Waals surface area contributed by atoms with Crippen LogP contribution in [-0.2, 0) is 17.7 Å². The van der Waals surface area contributed by atoms with Crippen LogP contribution in [0.25, 0.3) is 11.4 Å². The van der Waals surface area contributed by atoms with Gasteiger partial charge in [0.25, 0.3) is 11.6 Å². The van der Waals surface area contributed by atoms with Crippen molar-refractivity contribution in [1.82, 2.24) is 14.8 Å². The third-order valence-corrected chi connectivity index (χ3v) is 6.30. The van der Waals surface area contributed by atoms with Gasteiger partial charge in [-0.1, -0.05) is 6.42 Å². The Morgan fingerprint density at radius 1 is 1.00 bits per heavy atom. The molecule has 0 atom stereocenters. The molecule has 1 fully saturated rings. The smallest absolute Gasteiger partial charge is 0.270 e. The van der Waals surface area contributed by atoms with E-state index in [1.165, 1.54) is 18.6 Å². The van der Waals surface area contributed by atoms with E-state index in [-0.39, 0.29) is 11.3 Å². The summed E-state index contributed by atoms with van der Waals surface area (Å²) in [5.74, 6) is 1.46. The van der Waals surface area contributed by atoms with Gasteiger partial charge in [-0.15, -0.1) is 10.2 Å². The predicted molar refractivity (Wildman–Crippen MR) is 127 cm³/mol. The zero-order valence-electron chi connectivity index (χ0n) is 18.8. The number of carbonyl (C=O) groups is 1. The Kier molecular flexibility index (Phi) is 6.22. The Morgan fingerprint density at radius 2 is 1.79 bits per heavy atom. The Balaban J connectivity index is 1.38. The molecule has 0 radical (unpaired) electrons. The minimum absolute atomic E-state index is 0.120. The number of nitro benzene ring substituents is 1. The highest BCUT2D eigenvalue weighted by Gasteiger charge is 2.22. The largest absolute Gasteiger partial charge is 0.378 e. The highest BCUT2D eigenvalue weighted by atomic mass is 16.6. The molecule has 1 aromatic heterocycles. The van der Waals surface area contributed by atoms with Gasteiger partial charge in [0.05, 0.1) is 29.4 Å². The normalized spacial score (nSPS) is 15.9. The fraction of sp³-hybridized carbons (Fsp3) is 0.375. The van der Waals surface area contributed by atoms with Crippen LogP contribution in [0.15, 0.2) is 42.5 Å². The molecule has 2 aliphatic rings. The molecule has 34 heavy (non-hydrogen) atoms. The average molecular weight is 463 g/mol. The fourth-order valence-electron chi connectivity index (χ4n) is 4.50. The second-order valence-electron chi connectivity index (χ2n) is 8.49. The van der Waals surface area contributed by atoms with Crippen LogP contribution >= 0.6 is 0 Å². The molecule has 1 N–H and O–H groups in total. The van der Waals surface area contributed by atoms with Gasteiger partial charge < -0.3 is 19.5 Å². The Morgan fingerprint density at radius 3 is 2.56 bits per heavy atom. The van der Waals surface area contributed by atoms with Gasteiger partial charge in [-0.05, 0) is 43.2 Å². The van der Waals surface area contributed by atoms with Crippen LogP contribution in [0.5, 0.6) is 0 Å². The molecule has 0 bridgehead atoms. The number of carbonyl (C=O) groups excluding carboxylic acids is 1. The molecule has 2 aliphatic heterocycles. The lowest BCUT2D eigenvalue weighted by atomic mass is 10.1. The number of nitro groups is 1. The lowest BCUT2D eigenvalue weighted by Gasteiger charge is -2.30. The number of benzene rings is 2. The topological polar surface area (TPSA) is 115 Å². The number of fused-ring (bicyclic) bond motifs is 1. The van der Waals surface area contributed by atoms with Gasteiger partial charge in [-0.3, -0.25) is 14.9 Å². The monoisotopic (exact) mass is 462 g/mol. The first-order chi connectivity index (χ1) is 16.6. The molecule has 176 valence electrons. The van der Waals surface area contributed by atoms with Crippen molar-refractivity contribution in [3.8, 4) is 11.4 Å². The molecule has 5 rings (SSSR count). The van der Waals surface area contributed by atoms with E-state index in [1.807, 2.05) is 29.2 Å². The molecule has 0 saturated carbocycles. The van der Waals surface area contributed by atoms with Crippen LogP contribution < -0.4 is 10.2 Å². The maximum absolute atomic E-state index is 13.2. The first-order valence-corrected chi connectivity index (χ1v) is 11.5. The maximum Gasteiger partial charge on any atom is 0.270 e. The molecule has 1 amide bonds. The van der Waals surface area contributed by atoms with Gasteiger partial charge in [0.1, 0.15) is 5.82 Å². The molecular formula is C24H26N6O4. The lowest BCUT2D eigenvalue weighted by molar-refractivity contribution is -0.384. The van der Waals surface area contributed by atoms with Gasteiger partial charge in [0.15, 0.2) is 5.82 Å². The summed E-state index contributed by atoms with van der Waals surface area (Å²) >= 11 is 0. The Bertz CT molecular complexity index is 1200. The number of hydrogen-bond acceptors (Lipinski definition) is 7. The summed E-state index contributed by atoms with van der Waals surface area (Å²) < 4.78 is 7.58. The van der Waals surface area contributed by atoms with E-state index < -0.39 is 10.8 Å².